The van der Waals surface area contributed by atoms with Gasteiger partial charge in [0.15, 0.2) is 11.6 Å². The van der Waals surface area contributed by atoms with Crippen molar-refractivity contribution in [2.75, 3.05) is 26.2 Å². The first-order chi connectivity index (χ1) is 15.4. The van der Waals surface area contributed by atoms with Crippen LogP contribution in [0.25, 0.3) is 11.1 Å². The number of benzene rings is 1. The van der Waals surface area contributed by atoms with Crippen LogP contribution >= 0.6 is 0 Å². The Balaban J connectivity index is 1.26. The summed E-state index contributed by atoms with van der Waals surface area (Å²) in [6.07, 6.45) is 4.97. The van der Waals surface area contributed by atoms with Gasteiger partial charge < -0.3 is 9.64 Å². The van der Waals surface area contributed by atoms with Crippen LogP contribution in [0.15, 0.2) is 36.5 Å². The van der Waals surface area contributed by atoms with Crippen molar-refractivity contribution in [2.45, 2.75) is 51.7 Å². The highest BCUT2D eigenvalue weighted by molar-refractivity contribution is 5.79. The quantitative estimate of drug-likeness (QED) is 0.682. The fourth-order valence-corrected chi connectivity index (χ4v) is 4.61. The normalized spacial score (nSPS) is 22.2. The summed E-state index contributed by atoms with van der Waals surface area (Å²) in [6.45, 7) is 7.94. The Hall–Kier alpha value is -2.54. The van der Waals surface area contributed by atoms with Gasteiger partial charge >= 0.3 is 0 Å². The molecular formula is C25H31F2N3O2. The fourth-order valence-electron chi connectivity index (χ4n) is 4.61. The van der Waals surface area contributed by atoms with Crippen LogP contribution in [-0.2, 0) is 4.79 Å². The van der Waals surface area contributed by atoms with Crippen molar-refractivity contribution in [1.29, 1.82) is 0 Å². The highest BCUT2D eigenvalue weighted by atomic mass is 19.2. The molecule has 32 heavy (non-hydrogen) atoms. The van der Waals surface area contributed by atoms with E-state index >= 15 is 0 Å². The van der Waals surface area contributed by atoms with Gasteiger partial charge in [0.2, 0.25) is 11.8 Å². The molecule has 0 N–H and O–H groups in total. The maximum absolute atomic E-state index is 13.5. The number of nitrogens with zero attached hydrogens (tertiary/aromatic N) is 3. The van der Waals surface area contributed by atoms with E-state index in [0.29, 0.717) is 29.0 Å². The number of carbonyl (C=O) groups excluding carboxylic acids is 1. The summed E-state index contributed by atoms with van der Waals surface area (Å²) < 4.78 is 32.6. The number of amides is 1. The summed E-state index contributed by atoms with van der Waals surface area (Å²) in [5.41, 5.74) is 1.26. The Morgan fingerprint density at radius 1 is 0.969 bits per heavy atom. The summed E-state index contributed by atoms with van der Waals surface area (Å²) >= 11 is 0. The first kappa shape index (κ1) is 22.6. The zero-order valence-corrected chi connectivity index (χ0v) is 18.8. The lowest BCUT2D eigenvalue weighted by Gasteiger charge is -2.39. The van der Waals surface area contributed by atoms with Crippen LogP contribution in [0.5, 0.6) is 5.88 Å². The largest absolute Gasteiger partial charge is 0.474 e. The number of rotatable bonds is 5. The van der Waals surface area contributed by atoms with E-state index in [-0.39, 0.29) is 12.0 Å². The number of piperazine rings is 1. The van der Waals surface area contributed by atoms with Crippen molar-refractivity contribution < 1.29 is 18.3 Å². The molecule has 2 fully saturated rings. The summed E-state index contributed by atoms with van der Waals surface area (Å²) in [5.74, 6) is -0.856. The molecule has 1 saturated heterocycles. The number of ether oxygens (including phenoxy) is 1. The Kier molecular flexibility index (Phi) is 7.04. The van der Waals surface area contributed by atoms with Gasteiger partial charge in [-0.1, -0.05) is 6.07 Å². The second-order valence-electron chi connectivity index (χ2n) is 9.06. The fraction of sp³-hybridized carbons (Fsp3) is 0.520. The van der Waals surface area contributed by atoms with Gasteiger partial charge in [0.05, 0.1) is 0 Å². The van der Waals surface area contributed by atoms with E-state index in [1.807, 2.05) is 4.90 Å². The highest BCUT2D eigenvalue weighted by Crippen LogP contribution is 2.30. The molecule has 5 nitrogen and oxygen atoms in total. The molecule has 0 atom stereocenters. The average molecular weight is 444 g/mol. The minimum Gasteiger partial charge on any atom is -0.474 e. The van der Waals surface area contributed by atoms with E-state index < -0.39 is 11.6 Å². The van der Waals surface area contributed by atoms with Crippen LogP contribution < -0.4 is 4.74 Å². The van der Waals surface area contributed by atoms with Gasteiger partial charge in [0, 0.05) is 56.0 Å². The SMILES string of the molecule is CC(C)N1CCN(C(=O)C2CCC(Oc3ccc(-c4ccc(F)c(F)c4)cn3)CC2)CC1. The number of halogens is 2. The second-order valence-corrected chi connectivity index (χ2v) is 9.06. The molecule has 2 heterocycles. The van der Waals surface area contributed by atoms with Crippen LogP contribution in [0.2, 0.25) is 0 Å². The molecule has 1 amide bonds. The number of carbonyl (C=O) groups is 1. The third kappa shape index (κ3) is 5.26. The van der Waals surface area contributed by atoms with Crippen molar-refractivity contribution in [1.82, 2.24) is 14.8 Å². The Bertz CT molecular complexity index is 919. The molecule has 2 aromatic rings. The third-order valence-corrected chi connectivity index (χ3v) is 6.66. The van der Waals surface area contributed by atoms with Gasteiger partial charge in [-0.05, 0) is 63.3 Å². The molecule has 1 aliphatic carbocycles. The first-order valence-corrected chi connectivity index (χ1v) is 11.5. The highest BCUT2D eigenvalue weighted by Gasteiger charge is 2.32. The summed E-state index contributed by atoms with van der Waals surface area (Å²) in [4.78, 5) is 21.7. The molecule has 1 saturated carbocycles. The Labute approximate surface area is 188 Å². The van der Waals surface area contributed by atoms with Crippen molar-refractivity contribution in [3.63, 3.8) is 0 Å². The number of hydrogen-bond acceptors (Lipinski definition) is 4. The number of pyridine rings is 1. The standard InChI is InChI=1S/C25H31F2N3O2/c1-17(2)29-11-13-30(14-12-29)25(31)18-3-7-21(8-4-18)32-24-10-6-20(16-28-24)19-5-9-22(26)23(27)15-19/h5-6,9-10,15-18,21H,3-4,7-8,11-14H2,1-2H3. The maximum Gasteiger partial charge on any atom is 0.225 e. The molecule has 0 spiro atoms. The summed E-state index contributed by atoms with van der Waals surface area (Å²) in [7, 11) is 0. The predicted molar refractivity (Wildman–Crippen MR) is 119 cm³/mol. The van der Waals surface area contributed by atoms with Gasteiger partial charge in [-0.3, -0.25) is 9.69 Å². The smallest absolute Gasteiger partial charge is 0.225 e. The second kappa shape index (κ2) is 9.94. The number of aromatic nitrogens is 1. The van der Waals surface area contributed by atoms with Gasteiger partial charge in [0.1, 0.15) is 6.10 Å². The zero-order valence-electron chi connectivity index (χ0n) is 18.8. The van der Waals surface area contributed by atoms with Crippen LogP contribution in [-0.4, -0.2) is 59.0 Å². The minimum atomic E-state index is -0.879. The molecule has 7 heteroatoms. The molecule has 0 bridgehead atoms. The van der Waals surface area contributed by atoms with Crippen molar-refractivity contribution in [2.24, 2.45) is 5.92 Å². The molecule has 1 aliphatic heterocycles. The lowest BCUT2D eigenvalue weighted by molar-refractivity contribution is -0.139. The van der Waals surface area contributed by atoms with Gasteiger partial charge in [-0.25, -0.2) is 13.8 Å². The molecule has 2 aliphatic rings. The van der Waals surface area contributed by atoms with E-state index in [1.54, 1.807) is 18.3 Å². The van der Waals surface area contributed by atoms with E-state index in [4.69, 9.17) is 4.74 Å². The van der Waals surface area contributed by atoms with Crippen LogP contribution in [0.4, 0.5) is 8.78 Å². The van der Waals surface area contributed by atoms with E-state index in [1.165, 1.54) is 6.07 Å². The molecule has 1 aromatic carbocycles. The molecular weight excluding hydrogens is 412 g/mol. The number of hydrogen-bond donors (Lipinski definition) is 0. The van der Waals surface area contributed by atoms with E-state index in [2.05, 4.69) is 23.7 Å². The van der Waals surface area contributed by atoms with E-state index in [0.717, 1.165) is 64.0 Å². The lowest BCUT2D eigenvalue weighted by atomic mass is 9.86. The summed E-state index contributed by atoms with van der Waals surface area (Å²) in [6, 6.07) is 7.87. The van der Waals surface area contributed by atoms with Crippen LogP contribution in [0.3, 0.4) is 0 Å². The van der Waals surface area contributed by atoms with Crippen molar-refractivity contribution in [3.05, 3.63) is 48.2 Å². The molecule has 0 unspecified atom stereocenters. The average Bonchev–Trinajstić information content (AvgIpc) is 2.81. The molecule has 0 radical (unpaired) electrons. The Morgan fingerprint density at radius 2 is 1.66 bits per heavy atom. The van der Waals surface area contributed by atoms with Crippen molar-refractivity contribution in [3.8, 4) is 17.0 Å². The van der Waals surface area contributed by atoms with Gasteiger partial charge in [0.25, 0.3) is 0 Å². The monoisotopic (exact) mass is 443 g/mol. The summed E-state index contributed by atoms with van der Waals surface area (Å²) in [5, 5.41) is 0. The molecule has 172 valence electrons. The molecule has 1 aromatic heterocycles. The topological polar surface area (TPSA) is 45.7 Å². The van der Waals surface area contributed by atoms with Gasteiger partial charge in [-0.15, -0.1) is 0 Å². The predicted octanol–water partition coefficient (Wildman–Crippen LogP) is 4.52. The van der Waals surface area contributed by atoms with Gasteiger partial charge in [-0.2, -0.15) is 0 Å². The first-order valence-electron chi connectivity index (χ1n) is 11.5. The molecule has 4 rings (SSSR count). The minimum absolute atomic E-state index is 0.0402. The van der Waals surface area contributed by atoms with E-state index in [9.17, 15) is 13.6 Å². The van der Waals surface area contributed by atoms with Crippen LogP contribution in [0.1, 0.15) is 39.5 Å². The lowest BCUT2D eigenvalue weighted by Crippen LogP contribution is -2.52. The third-order valence-electron chi connectivity index (χ3n) is 6.66. The van der Waals surface area contributed by atoms with Crippen LogP contribution in [0, 0.1) is 17.6 Å². The maximum atomic E-state index is 13.5. The zero-order chi connectivity index (χ0) is 22.7. The Morgan fingerprint density at radius 3 is 2.25 bits per heavy atom. The van der Waals surface area contributed by atoms with Crippen molar-refractivity contribution >= 4 is 5.91 Å².